The molecule has 6 nitrogen and oxygen atoms in total. The van der Waals surface area contributed by atoms with Gasteiger partial charge in [0.1, 0.15) is 5.54 Å². The summed E-state index contributed by atoms with van der Waals surface area (Å²) in [5, 5.41) is 5.45. The zero-order chi connectivity index (χ0) is 12.0. The van der Waals surface area contributed by atoms with Crippen LogP contribution in [0.4, 0.5) is 5.69 Å². The molecule has 1 saturated heterocycles. The Hall–Kier alpha value is -2.11. The first kappa shape index (κ1) is 10.1. The van der Waals surface area contributed by atoms with Crippen LogP contribution in [0.2, 0.25) is 0 Å². The summed E-state index contributed by atoms with van der Waals surface area (Å²) in [4.78, 5) is 36.8. The number of piperidine rings is 1. The van der Waals surface area contributed by atoms with Crippen LogP contribution in [0.1, 0.15) is 18.4 Å². The summed E-state index contributed by atoms with van der Waals surface area (Å²) in [5.74, 6) is -0.549. The predicted octanol–water partition coefficient (Wildman–Crippen LogP) is -0.482. The molecule has 0 aliphatic carbocycles. The number of hydrogen-bond acceptors (Lipinski definition) is 4. The van der Waals surface area contributed by atoms with E-state index in [2.05, 4.69) is 15.6 Å². The quantitative estimate of drug-likeness (QED) is 0.528. The van der Waals surface area contributed by atoms with Crippen LogP contribution in [0.15, 0.2) is 17.1 Å². The van der Waals surface area contributed by atoms with Crippen molar-refractivity contribution in [1.82, 2.24) is 10.3 Å². The number of carbonyl (C=O) groups is 2. The topological polar surface area (TPSA) is 91.1 Å². The highest BCUT2D eigenvalue weighted by Gasteiger charge is 2.46. The molecule has 1 aromatic rings. The van der Waals surface area contributed by atoms with E-state index < -0.39 is 5.54 Å². The minimum atomic E-state index is -0.766. The fraction of sp³-hybridized carbons (Fsp3) is 0.364. The number of amides is 2. The van der Waals surface area contributed by atoms with Crippen LogP contribution in [-0.4, -0.2) is 22.3 Å². The molecule has 6 heteroatoms. The lowest BCUT2D eigenvalue weighted by Crippen LogP contribution is -2.57. The standard InChI is InChI=1S/C11H11N3O3/c15-8-1-2-11(10(17)13-8)4-6-3-9(16)12-5-7(6)14-11/h3,5,14H,1-2,4H2,(H,12,16)(H,13,15,17). The molecule has 1 fully saturated rings. The Bertz CT molecular complexity index is 578. The maximum atomic E-state index is 11.9. The highest BCUT2D eigenvalue weighted by molar-refractivity contribution is 6.05. The highest BCUT2D eigenvalue weighted by atomic mass is 16.2. The van der Waals surface area contributed by atoms with E-state index >= 15 is 0 Å². The van der Waals surface area contributed by atoms with Gasteiger partial charge in [0.2, 0.25) is 11.5 Å². The van der Waals surface area contributed by atoms with Crippen molar-refractivity contribution in [2.75, 3.05) is 5.32 Å². The molecule has 2 aliphatic heterocycles. The third kappa shape index (κ3) is 1.44. The Morgan fingerprint density at radius 1 is 1.24 bits per heavy atom. The van der Waals surface area contributed by atoms with E-state index in [1.807, 2.05) is 0 Å². The van der Waals surface area contributed by atoms with Gasteiger partial charge >= 0.3 is 0 Å². The van der Waals surface area contributed by atoms with Crippen molar-refractivity contribution in [2.24, 2.45) is 0 Å². The Morgan fingerprint density at radius 3 is 2.82 bits per heavy atom. The number of anilines is 1. The van der Waals surface area contributed by atoms with Crippen LogP contribution in [0.3, 0.4) is 0 Å². The first-order valence-electron chi connectivity index (χ1n) is 5.43. The number of imide groups is 1. The number of H-pyrrole nitrogens is 1. The summed E-state index contributed by atoms with van der Waals surface area (Å²) >= 11 is 0. The van der Waals surface area contributed by atoms with Crippen LogP contribution in [0.25, 0.3) is 0 Å². The van der Waals surface area contributed by atoms with Gasteiger partial charge in [-0.25, -0.2) is 0 Å². The third-order valence-corrected chi connectivity index (χ3v) is 3.34. The molecule has 2 amide bonds. The second-order valence-corrected chi connectivity index (χ2v) is 4.50. The molecule has 2 aliphatic rings. The van der Waals surface area contributed by atoms with Gasteiger partial charge in [0, 0.05) is 25.1 Å². The van der Waals surface area contributed by atoms with E-state index in [1.54, 1.807) is 6.20 Å². The minimum absolute atomic E-state index is 0.185. The van der Waals surface area contributed by atoms with E-state index in [1.165, 1.54) is 6.07 Å². The predicted molar refractivity (Wildman–Crippen MR) is 59.5 cm³/mol. The first-order chi connectivity index (χ1) is 8.09. The lowest BCUT2D eigenvalue weighted by molar-refractivity contribution is -0.136. The molecule has 1 spiro atoms. The van der Waals surface area contributed by atoms with E-state index in [4.69, 9.17) is 0 Å². The van der Waals surface area contributed by atoms with Gasteiger partial charge in [0.25, 0.3) is 5.91 Å². The molecule has 3 heterocycles. The number of nitrogens with one attached hydrogen (secondary N) is 3. The van der Waals surface area contributed by atoms with Gasteiger partial charge in [0.05, 0.1) is 5.69 Å². The molecule has 0 bridgehead atoms. The van der Waals surface area contributed by atoms with Gasteiger partial charge < -0.3 is 10.3 Å². The third-order valence-electron chi connectivity index (χ3n) is 3.34. The van der Waals surface area contributed by atoms with Crippen molar-refractivity contribution in [3.05, 3.63) is 28.2 Å². The Morgan fingerprint density at radius 2 is 2.06 bits per heavy atom. The maximum absolute atomic E-state index is 11.9. The minimum Gasteiger partial charge on any atom is -0.370 e. The number of aromatic amines is 1. The molecule has 3 rings (SSSR count). The van der Waals surface area contributed by atoms with Gasteiger partial charge in [0.15, 0.2) is 0 Å². The molecule has 0 radical (unpaired) electrons. The normalized spacial score (nSPS) is 26.6. The number of fused-ring (bicyclic) bond motifs is 1. The van der Waals surface area contributed by atoms with Crippen molar-refractivity contribution in [2.45, 2.75) is 24.8 Å². The fourth-order valence-corrected chi connectivity index (χ4v) is 2.44. The van der Waals surface area contributed by atoms with Crippen LogP contribution in [-0.2, 0) is 16.0 Å². The monoisotopic (exact) mass is 233 g/mol. The van der Waals surface area contributed by atoms with Crippen LogP contribution >= 0.6 is 0 Å². The number of rotatable bonds is 0. The van der Waals surface area contributed by atoms with Crippen molar-refractivity contribution in [3.8, 4) is 0 Å². The molecule has 17 heavy (non-hydrogen) atoms. The second-order valence-electron chi connectivity index (χ2n) is 4.50. The van der Waals surface area contributed by atoms with Crippen molar-refractivity contribution >= 4 is 17.5 Å². The summed E-state index contributed by atoms with van der Waals surface area (Å²) < 4.78 is 0. The van der Waals surface area contributed by atoms with Gasteiger partial charge in [-0.05, 0) is 12.0 Å². The highest BCUT2D eigenvalue weighted by Crippen LogP contribution is 2.35. The molecular formula is C11H11N3O3. The molecule has 0 saturated carbocycles. The van der Waals surface area contributed by atoms with Crippen molar-refractivity contribution in [3.63, 3.8) is 0 Å². The summed E-state index contributed by atoms with van der Waals surface area (Å²) in [6.45, 7) is 0. The lowest BCUT2D eigenvalue weighted by atomic mass is 9.86. The summed E-state index contributed by atoms with van der Waals surface area (Å²) in [6, 6.07) is 1.49. The van der Waals surface area contributed by atoms with Crippen LogP contribution in [0.5, 0.6) is 0 Å². The van der Waals surface area contributed by atoms with Gasteiger partial charge in [-0.15, -0.1) is 0 Å². The summed E-state index contributed by atoms with van der Waals surface area (Å²) in [5.41, 5.74) is 0.625. The number of aromatic nitrogens is 1. The summed E-state index contributed by atoms with van der Waals surface area (Å²) in [7, 11) is 0. The van der Waals surface area contributed by atoms with Crippen LogP contribution < -0.4 is 16.2 Å². The Balaban J connectivity index is 1.97. The molecule has 1 unspecified atom stereocenters. The molecule has 3 N–H and O–H groups in total. The van der Waals surface area contributed by atoms with E-state index in [9.17, 15) is 14.4 Å². The van der Waals surface area contributed by atoms with E-state index in [-0.39, 0.29) is 17.4 Å². The number of pyridine rings is 1. The first-order valence-corrected chi connectivity index (χ1v) is 5.43. The second kappa shape index (κ2) is 3.19. The summed E-state index contributed by atoms with van der Waals surface area (Å²) in [6.07, 6.45) is 2.79. The largest absolute Gasteiger partial charge is 0.370 e. The average molecular weight is 233 g/mol. The number of hydrogen-bond donors (Lipinski definition) is 3. The zero-order valence-corrected chi connectivity index (χ0v) is 9.00. The Labute approximate surface area is 96.4 Å². The van der Waals surface area contributed by atoms with Crippen LogP contribution in [0, 0.1) is 0 Å². The smallest absolute Gasteiger partial charge is 0.252 e. The van der Waals surface area contributed by atoms with Crippen molar-refractivity contribution < 1.29 is 9.59 Å². The van der Waals surface area contributed by atoms with Gasteiger partial charge in [-0.2, -0.15) is 0 Å². The maximum Gasteiger partial charge on any atom is 0.252 e. The lowest BCUT2D eigenvalue weighted by Gasteiger charge is -2.31. The average Bonchev–Trinajstić information content (AvgIpc) is 2.63. The van der Waals surface area contributed by atoms with Gasteiger partial charge in [-0.3, -0.25) is 19.7 Å². The molecule has 1 aromatic heterocycles. The zero-order valence-electron chi connectivity index (χ0n) is 9.00. The Kier molecular flexibility index (Phi) is 1.89. The molecule has 1 atom stereocenters. The van der Waals surface area contributed by atoms with E-state index in [0.29, 0.717) is 19.3 Å². The SMILES string of the molecule is O=C1CCC2(Cc3cc(=O)[nH]cc3N2)C(=O)N1. The van der Waals surface area contributed by atoms with Crippen molar-refractivity contribution in [1.29, 1.82) is 0 Å². The molecule has 0 aromatic carbocycles. The number of carbonyl (C=O) groups excluding carboxylic acids is 2. The fourth-order valence-electron chi connectivity index (χ4n) is 2.44. The van der Waals surface area contributed by atoms with E-state index in [0.717, 1.165) is 11.3 Å². The molecule has 88 valence electrons. The van der Waals surface area contributed by atoms with Gasteiger partial charge in [-0.1, -0.05) is 0 Å². The molecular weight excluding hydrogens is 222 g/mol.